The van der Waals surface area contributed by atoms with Crippen LogP contribution in [0, 0.1) is 5.92 Å². The molecule has 1 saturated carbocycles. The molecule has 64 valence electrons. The normalized spacial score (nSPS) is 31.5. The maximum Gasteiger partial charge on any atom is 0.246 e. The van der Waals surface area contributed by atoms with Crippen LogP contribution in [-0.4, -0.2) is 22.3 Å². The molecule has 0 aliphatic heterocycles. The van der Waals surface area contributed by atoms with E-state index in [9.17, 15) is 4.79 Å². The third-order valence-corrected chi connectivity index (χ3v) is 2.13. The van der Waals surface area contributed by atoms with Crippen LogP contribution in [0.15, 0.2) is 0 Å². The molecule has 0 aromatic rings. The monoisotopic (exact) mass is 159 g/mol. The van der Waals surface area contributed by atoms with Crippen molar-refractivity contribution in [3.05, 3.63) is 0 Å². The lowest BCUT2D eigenvalue weighted by Gasteiger charge is -2.23. The van der Waals surface area contributed by atoms with Crippen molar-refractivity contribution in [3.63, 3.8) is 0 Å². The summed E-state index contributed by atoms with van der Waals surface area (Å²) in [6, 6.07) is 0. The van der Waals surface area contributed by atoms with Crippen LogP contribution in [0.25, 0.3) is 0 Å². The second-order valence-electron chi connectivity index (χ2n) is 2.99. The van der Waals surface area contributed by atoms with Crippen LogP contribution in [0.2, 0.25) is 0 Å². The standard InChI is InChI=1S/C7H13NO3/c9-6-3-1-2-5(4-6)7(10)8-11/h5-6,9,11H,1-4H2,(H,8,10). The maximum atomic E-state index is 10.8. The zero-order valence-corrected chi connectivity index (χ0v) is 6.29. The van der Waals surface area contributed by atoms with Crippen molar-refractivity contribution in [1.82, 2.24) is 5.48 Å². The summed E-state index contributed by atoms with van der Waals surface area (Å²) in [5.74, 6) is -0.576. The number of aliphatic hydroxyl groups is 1. The van der Waals surface area contributed by atoms with Crippen molar-refractivity contribution in [2.24, 2.45) is 5.92 Å². The molecule has 0 heterocycles. The van der Waals surface area contributed by atoms with Gasteiger partial charge in [0.1, 0.15) is 0 Å². The minimum absolute atomic E-state index is 0.205. The smallest absolute Gasteiger partial charge is 0.246 e. The highest BCUT2D eigenvalue weighted by Gasteiger charge is 2.25. The fourth-order valence-electron chi connectivity index (χ4n) is 1.49. The molecule has 4 heteroatoms. The molecule has 1 amide bonds. The van der Waals surface area contributed by atoms with Gasteiger partial charge >= 0.3 is 0 Å². The van der Waals surface area contributed by atoms with Crippen molar-refractivity contribution < 1.29 is 15.1 Å². The molecule has 0 aromatic carbocycles. The number of hydrogen-bond donors (Lipinski definition) is 3. The van der Waals surface area contributed by atoms with Gasteiger partial charge in [-0.2, -0.15) is 0 Å². The first-order chi connectivity index (χ1) is 5.24. The molecule has 4 nitrogen and oxygen atoms in total. The van der Waals surface area contributed by atoms with Gasteiger partial charge in [0.15, 0.2) is 0 Å². The number of rotatable bonds is 1. The molecule has 3 N–H and O–H groups in total. The maximum absolute atomic E-state index is 10.8. The van der Waals surface area contributed by atoms with Gasteiger partial charge < -0.3 is 5.11 Å². The summed E-state index contributed by atoms with van der Waals surface area (Å²) in [4.78, 5) is 10.8. The van der Waals surface area contributed by atoms with Gasteiger partial charge in [0.25, 0.3) is 0 Å². The molecule has 1 rings (SSSR count). The summed E-state index contributed by atoms with van der Waals surface area (Å²) >= 11 is 0. The van der Waals surface area contributed by atoms with Crippen molar-refractivity contribution in [1.29, 1.82) is 0 Å². The first-order valence-corrected chi connectivity index (χ1v) is 3.86. The summed E-state index contributed by atoms with van der Waals surface area (Å²) in [7, 11) is 0. The highest BCUT2D eigenvalue weighted by atomic mass is 16.5. The summed E-state index contributed by atoms with van der Waals surface area (Å²) < 4.78 is 0. The first-order valence-electron chi connectivity index (χ1n) is 3.86. The predicted molar refractivity (Wildman–Crippen MR) is 37.9 cm³/mol. The van der Waals surface area contributed by atoms with Crippen molar-refractivity contribution in [2.75, 3.05) is 0 Å². The molecule has 0 bridgehead atoms. The summed E-state index contributed by atoms with van der Waals surface area (Å²) in [6.07, 6.45) is 2.51. The number of hydrogen-bond acceptors (Lipinski definition) is 3. The van der Waals surface area contributed by atoms with Gasteiger partial charge in [-0.15, -0.1) is 0 Å². The van der Waals surface area contributed by atoms with Crippen LogP contribution in [0.5, 0.6) is 0 Å². The second kappa shape index (κ2) is 3.69. The number of nitrogens with one attached hydrogen (secondary N) is 1. The SMILES string of the molecule is O=C(NO)C1CCCC(O)C1. The fourth-order valence-corrected chi connectivity index (χ4v) is 1.49. The Balaban J connectivity index is 2.39. The van der Waals surface area contributed by atoms with E-state index in [1.165, 1.54) is 0 Å². The third-order valence-electron chi connectivity index (χ3n) is 2.13. The number of aliphatic hydroxyl groups excluding tert-OH is 1. The van der Waals surface area contributed by atoms with E-state index in [-0.39, 0.29) is 17.9 Å². The molecular weight excluding hydrogens is 146 g/mol. The number of amides is 1. The molecule has 1 aliphatic carbocycles. The van der Waals surface area contributed by atoms with Crippen molar-refractivity contribution >= 4 is 5.91 Å². The minimum atomic E-state index is -0.372. The Bertz CT molecular complexity index is 149. The lowest BCUT2D eigenvalue weighted by molar-refractivity contribution is -0.135. The summed E-state index contributed by atoms with van der Waals surface area (Å²) in [5, 5.41) is 17.5. The Kier molecular flexibility index (Phi) is 2.84. The number of carbonyl (C=O) groups excluding carboxylic acids is 1. The third kappa shape index (κ3) is 2.17. The minimum Gasteiger partial charge on any atom is -0.393 e. The molecule has 0 spiro atoms. The molecule has 0 radical (unpaired) electrons. The zero-order valence-electron chi connectivity index (χ0n) is 6.29. The van der Waals surface area contributed by atoms with Crippen molar-refractivity contribution in [2.45, 2.75) is 31.8 Å². The Morgan fingerprint density at radius 2 is 2.18 bits per heavy atom. The van der Waals surface area contributed by atoms with E-state index in [0.717, 1.165) is 19.3 Å². The highest BCUT2D eigenvalue weighted by molar-refractivity contribution is 5.77. The zero-order chi connectivity index (χ0) is 8.27. The van der Waals surface area contributed by atoms with E-state index in [4.69, 9.17) is 10.3 Å². The average Bonchev–Trinajstić information content (AvgIpc) is 2.03. The van der Waals surface area contributed by atoms with Gasteiger partial charge in [-0.1, -0.05) is 6.42 Å². The topological polar surface area (TPSA) is 69.6 Å². The van der Waals surface area contributed by atoms with E-state index in [1.807, 2.05) is 0 Å². The molecule has 0 saturated heterocycles. The van der Waals surface area contributed by atoms with Gasteiger partial charge in [0, 0.05) is 5.92 Å². The van der Waals surface area contributed by atoms with Crippen LogP contribution < -0.4 is 5.48 Å². The second-order valence-corrected chi connectivity index (χ2v) is 2.99. The van der Waals surface area contributed by atoms with Crippen LogP contribution >= 0.6 is 0 Å². The lowest BCUT2D eigenvalue weighted by Crippen LogP contribution is -2.33. The largest absolute Gasteiger partial charge is 0.393 e. The van der Waals surface area contributed by atoms with Crippen LogP contribution in [0.3, 0.4) is 0 Å². The van der Waals surface area contributed by atoms with E-state index in [2.05, 4.69) is 0 Å². The Labute approximate surface area is 65.2 Å². The van der Waals surface area contributed by atoms with Gasteiger partial charge in [-0.3, -0.25) is 10.0 Å². The van der Waals surface area contributed by atoms with E-state index in [1.54, 1.807) is 5.48 Å². The Morgan fingerprint density at radius 1 is 1.45 bits per heavy atom. The highest BCUT2D eigenvalue weighted by Crippen LogP contribution is 2.23. The molecule has 1 aliphatic rings. The Hall–Kier alpha value is -0.610. The van der Waals surface area contributed by atoms with Crippen LogP contribution in [0.1, 0.15) is 25.7 Å². The molecule has 2 unspecified atom stereocenters. The number of hydroxylamine groups is 1. The van der Waals surface area contributed by atoms with Gasteiger partial charge in [0.2, 0.25) is 5.91 Å². The van der Waals surface area contributed by atoms with Gasteiger partial charge in [0.05, 0.1) is 6.10 Å². The van der Waals surface area contributed by atoms with Crippen LogP contribution in [0.4, 0.5) is 0 Å². The van der Waals surface area contributed by atoms with Gasteiger partial charge in [-0.25, -0.2) is 5.48 Å². The van der Waals surface area contributed by atoms with E-state index < -0.39 is 0 Å². The summed E-state index contributed by atoms with van der Waals surface area (Å²) in [6.45, 7) is 0. The Morgan fingerprint density at radius 3 is 2.73 bits per heavy atom. The molecule has 0 aromatic heterocycles. The summed E-state index contributed by atoms with van der Waals surface area (Å²) in [5.41, 5.74) is 1.61. The quantitative estimate of drug-likeness (QED) is 0.374. The fraction of sp³-hybridized carbons (Fsp3) is 0.857. The molecular formula is C7H13NO3. The molecule has 11 heavy (non-hydrogen) atoms. The number of carbonyl (C=O) groups is 1. The van der Waals surface area contributed by atoms with E-state index in [0.29, 0.717) is 6.42 Å². The van der Waals surface area contributed by atoms with Crippen molar-refractivity contribution in [3.8, 4) is 0 Å². The van der Waals surface area contributed by atoms with Crippen LogP contribution in [-0.2, 0) is 4.79 Å². The molecule has 1 fully saturated rings. The van der Waals surface area contributed by atoms with Gasteiger partial charge in [-0.05, 0) is 19.3 Å². The predicted octanol–water partition coefficient (Wildman–Crippen LogP) is 0.0429. The average molecular weight is 159 g/mol. The molecule has 2 atom stereocenters. The first kappa shape index (κ1) is 8.49. The lowest BCUT2D eigenvalue weighted by atomic mass is 9.87. The van der Waals surface area contributed by atoms with E-state index >= 15 is 0 Å².